The van der Waals surface area contributed by atoms with Gasteiger partial charge < -0.3 is 9.47 Å². The second-order valence-corrected chi connectivity index (χ2v) is 2.72. The fraction of sp³-hybridized carbons (Fsp3) is 0.700. The Labute approximate surface area is 79.7 Å². The molecule has 0 amide bonds. The molecule has 0 aliphatic heterocycles. The predicted molar refractivity (Wildman–Crippen MR) is 51.5 cm³/mol. The standard InChI is InChI=1S/C10H18O3/c1-4-6-12-7-8-13-10(11)9(3)5-2/h5H,4,6-8H2,1-3H3. The molecule has 3 nitrogen and oxygen atoms in total. The first kappa shape index (κ1) is 12.2. The van der Waals surface area contributed by atoms with Gasteiger partial charge in [-0.15, -0.1) is 0 Å². The topological polar surface area (TPSA) is 35.5 Å². The van der Waals surface area contributed by atoms with E-state index >= 15 is 0 Å². The van der Waals surface area contributed by atoms with Gasteiger partial charge >= 0.3 is 5.97 Å². The van der Waals surface area contributed by atoms with Crippen LogP contribution in [-0.2, 0) is 14.3 Å². The highest BCUT2D eigenvalue weighted by atomic mass is 16.6. The van der Waals surface area contributed by atoms with E-state index in [1.165, 1.54) is 0 Å². The summed E-state index contributed by atoms with van der Waals surface area (Å²) in [5.74, 6) is -0.261. The van der Waals surface area contributed by atoms with Crippen LogP contribution >= 0.6 is 0 Å². The third kappa shape index (κ3) is 6.34. The van der Waals surface area contributed by atoms with E-state index in [0.29, 0.717) is 18.8 Å². The maximum absolute atomic E-state index is 11.1. The molecule has 0 fully saturated rings. The lowest BCUT2D eigenvalue weighted by atomic mass is 10.3. The predicted octanol–water partition coefficient (Wildman–Crippen LogP) is 1.92. The van der Waals surface area contributed by atoms with Gasteiger partial charge in [0.2, 0.25) is 0 Å². The molecule has 76 valence electrons. The minimum Gasteiger partial charge on any atom is -0.460 e. The molecule has 0 unspecified atom stereocenters. The lowest BCUT2D eigenvalue weighted by Crippen LogP contribution is -2.11. The van der Waals surface area contributed by atoms with Gasteiger partial charge in [-0.1, -0.05) is 13.0 Å². The summed E-state index contributed by atoms with van der Waals surface area (Å²) in [5.41, 5.74) is 0.635. The number of carbonyl (C=O) groups is 1. The Hall–Kier alpha value is -0.830. The number of hydrogen-bond donors (Lipinski definition) is 0. The van der Waals surface area contributed by atoms with Crippen LogP contribution in [0.1, 0.15) is 27.2 Å². The Morgan fingerprint density at radius 1 is 1.31 bits per heavy atom. The minimum atomic E-state index is -0.261. The molecule has 0 heterocycles. The van der Waals surface area contributed by atoms with Gasteiger partial charge in [-0.2, -0.15) is 0 Å². The Balaban J connectivity index is 3.38. The zero-order valence-corrected chi connectivity index (χ0v) is 8.63. The van der Waals surface area contributed by atoms with Crippen molar-refractivity contribution in [1.29, 1.82) is 0 Å². The van der Waals surface area contributed by atoms with Crippen molar-refractivity contribution in [2.24, 2.45) is 0 Å². The van der Waals surface area contributed by atoms with E-state index in [-0.39, 0.29) is 5.97 Å². The third-order valence-corrected chi connectivity index (χ3v) is 1.56. The molecule has 0 saturated carbocycles. The van der Waals surface area contributed by atoms with Crippen molar-refractivity contribution in [2.75, 3.05) is 19.8 Å². The third-order valence-electron chi connectivity index (χ3n) is 1.56. The van der Waals surface area contributed by atoms with Crippen molar-refractivity contribution in [3.05, 3.63) is 11.6 Å². The number of esters is 1. The van der Waals surface area contributed by atoms with Gasteiger partial charge in [0.15, 0.2) is 0 Å². The maximum Gasteiger partial charge on any atom is 0.333 e. The van der Waals surface area contributed by atoms with Crippen molar-refractivity contribution in [3.8, 4) is 0 Å². The molecule has 0 rings (SSSR count). The quantitative estimate of drug-likeness (QED) is 0.361. The lowest BCUT2D eigenvalue weighted by molar-refractivity contribution is -0.140. The first-order valence-electron chi connectivity index (χ1n) is 4.60. The highest BCUT2D eigenvalue weighted by Crippen LogP contribution is 1.95. The monoisotopic (exact) mass is 186 g/mol. The zero-order chi connectivity index (χ0) is 10.1. The molecular weight excluding hydrogens is 168 g/mol. The van der Waals surface area contributed by atoms with Gasteiger partial charge in [-0.3, -0.25) is 0 Å². The van der Waals surface area contributed by atoms with Crippen LogP contribution in [0, 0.1) is 0 Å². The largest absolute Gasteiger partial charge is 0.460 e. The van der Waals surface area contributed by atoms with Crippen LogP contribution in [0.4, 0.5) is 0 Å². The molecule has 0 N–H and O–H groups in total. The smallest absolute Gasteiger partial charge is 0.333 e. The minimum absolute atomic E-state index is 0.261. The molecule has 0 saturated heterocycles. The van der Waals surface area contributed by atoms with Crippen molar-refractivity contribution in [1.82, 2.24) is 0 Å². The normalized spacial score (nSPS) is 11.5. The Bertz CT molecular complexity index is 173. The number of allylic oxidation sites excluding steroid dienone is 1. The molecule has 0 aromatic carbocycles. The SMILES string of the molecule is CC=C(C)C(=O)OCCOCCC. The first-order valence-corrected chi connectivity index (χ1v) is 4.60. The summed E-state index contributed by atoms with van der Waals surface area (Å²) < 4.78 is 10.1. The van der Waals surface area contributed by atoms with Crippen LogP contribution in [0.5, 0.6) is 0 Å². The van der Waals surface area contributed by atoms with Crippen LogP contribution in [0.25, 0.3) is 0 Å². The van der Waals surface area contributed by atoms with Crippen LogP contribution in [0.2, 0.25) is 0 Å². The molecule has 0 spiro atoms. The van der Waals surface area contributed by atoms with Gasteiger partial charge in [-0.25, -0.2) is 4.79 Å². The molecule has 0 aromatic rings. The molecule has 0 aromatic heterocycles. The number of rotatable bonds is 6. The van der Waals surface area contributed by atoms with Gasteiger partial charge in [-0.05, 0) is 20.3 Å². The average Bonchev–Trinajstić information content (AvgIpc) is 2.16. The van der Waals surface area contributed by atoms with Gasteiger partial charge in [0.1, 0.15) is 6.61 Å². The number of hydrogen-bond acceptors (Lipinski definition) is 3. The van der Waals surface area contributed by atoms with E-state index in [4.69, 9.17) is 9.47 Å². The number of ether oxygens (including phenoxy) is 2. The fourth-order valence-electron chi connectivity index (χ4n) is 0.671. The van der Waals surface area contributed by atoms with E-state index in [1.54, 1.807) is 13.0 Å². The average molecular weight is 186 g/mol. The molecule has 0 atom stereocenters. The highest BCUT2D eigenvalue weighted by Gasteiger charge is 2.02. The summed E-state index contributed by atoms with van der Waals surface area (Å²) in [4.78, 5) is 11.1. The molecule has 0 aliphatic rings. The van der Waals surface area contributed by atoms with Crippen LogP contribution in [-0.4, -0.2) is 25.8 Å². The highest BCUT2D eigenvalue weighted by molar-refractivity contribution is 5.87. The summed E-state index contributed by atoms with van der Waals surface area (Å²) in [5, 5.41) is 0. The molecule has 3 heteroatoms. The van der Waals surface area contributed by atoms with Crippen LogP contribution in [0.15, 0.2) is 11.6 Å². The number of carbonyl (C=O) groups excluding carboxylic acids is 1. The zero-order valence-electron chi connectivity index (χ0n) is 8.63. The molecule has 13 heavy (non-hydrogen) atoms. The van der Waals surface area contributed by atoms with Gasteiger partial charge in [0.25, 0.3) is 0 Å². The van der Waals surface area contributed by atoms with E-state index in [0.717, 1.165) is 13.0 Å². The van der Waals surface area contributed by atoms with Crippen LogP contribution < -0.4 is 0 Å². The molecular formula is C10H18O3. The van der Waals surface area contributed by atoms with E-state index in [1.807, 2.05) is 13.8 Å². The summed E-state index contributed by atoms with van der Waals surface area (Å²) >= 11 is 0. The molecule has 0 bridgehead atoms. The fourth-order valence-corrected chi connectivity index (χ4v) is 0.671. The first-order chi connectivity index (χ1) is 6.22. The van der Waals surface area contributed by atoms with Crippen molar-refractivity contribution >= 4 is 5.97 Å². The summed E-state index contributed by atoms with van der Waals surface area (Å²) in [6, 6.07) is 0. The lowest BCUT2D eigenvalue weighted by Gasteiger charge is -2.04. The van der Waals surface area contributed by atoms with Gasteiger partial charge in [0, 0.05) is 12.2 Å². The summed E-state index contributed by atoms with van der Waals surface area (Å²) in [6.07, 6.45) is 2.72. The Kier molecular flexibility index (Phi) is 7.30. The van der Waals surface area contributed by atoms with Crippen molar-refractivity contribution < 1.29 is 14.3 Å². The van der Waals surface area contributed by atoms with E-state index in [2.05, 4.69) is 0 Å². The molecule has 0 aliphatic carbocycles. The Morgan fingerprint density at radius 2 is 2.00 bits per heavy atom. The molecule has 0 radical (unpaired) electrons. The second kappa shape index (κ2) is 7.80. The van der Waals surface area contributed by atoms with E-state index in [9.17, 15) is 4.79 Å². The summed E-state index contributed by atoms with van der Waals surface area (Å²) in [7, 11) is 0. The van der Waals surface area contributed by atoms with Crippen molar-refractivity contribution in [2.45, 2.75) is 27.2 Å². The van der Waals surface area contributed by atoms with Crippen molar-refractivity contribution in [3.63, 3.8) is 0 Å². The van der Waals surface area contributed by atoms with E-state index < -0.39 is 0 Å². The Morgan fingerprint density at radius 3 is 2.54 bits per heavy atom. The van der Waals surface area contributed by atoms with Gasteiger partial charge in [0.05, 0.1) is 6.61 Å². The maximum atomic E-state index is 11.1. The second-order valence-electron chi connectivity index (χ2n) is 2.72. The summed E-state index contributed by atoms with van der Waals surface area (Å²) in [6.45, 7) is 7.12. The van der Waals surface area contributed by atoms with Crippen LogP contribution in [0.3, 0.4) is 0 Å².